The van der Waals surface area contributed by atoms with Gasteiger partial charge in [-0.2, -0.15) is 0 Å². The molecule has 0 amide bonds. The average Bonchev–Trinajstić information content (AvgIpc) is 3.40. The summed E-state index contributed by atoms with van der Waals surface area (Å²) in [7, 11) is 0.925. The van der Waals surface area contributed by atoms with Gasteiger partial charge in [-0.05, 0) is 62.9 Å². The third-order valence-corrected chi connectivity index (χ3v) is 8.98. The molecule has 1 saturated carbocycles. The zero-order valence-corrected chi connectivity index (χ0v) is 17.5. The number of hydrogen-bond donors (Lipinski definition) is 0. The molecule has 2 aliphatic rings. The van der Waals surface area contributed by atoms with Crippen LogP contribution in [-0.4, -0.2) is 9.52 Å². The Kier molecular flexibility index (Phi) is 4.16. The van der Waals surface area contributed by atoms with Crippen molar-refractivity contribution in [1.29, 1.82) is 0 Å². The lowest BCUT2D eigenvalue weighted by molar-refractivity contribution is 0.685. The second kappa shape index (κ2) is 7.00. The molecule has 2 bridgehead atoms. The quantitative estimate of drug-likeness (QED) is 0.257. The van der Waals surface area contributed by atoms with Gasteiger partial charge in [0.15, 0.2) is 0 Å². The predicted molar refractivity (Wildman–Crippen MR) is 125 cm³/mol. The second-order valence-corrected chi connectivity index (χ2v) is 10.3. The van der Waals surface area contributed by atoms with E-state index in [0.29, 0.717) is 5.54 Å². The summed E-state index contributed by atoms with van der Waals surface area (Å²) in [5.41, 5.74) is 4.30. The summed E-state index contributed by atoms with van der Waals surface area (Å²) in [6.45, 7) is 0. The first kappa shape index (κ1) is 17.2. The smallest absolute Gasteiger partial charge is 0.0576 e. The van der Waals surface area contributed by atoms with E-state index in [4.69, 9.17) is 0 Å². The van der Waals surface area contributed by atoms with Crippen LogP contribution in [0.5, 0.6) is 0 Å². The van der Waals surface area contributed by atoms with E-state index in [0.717, 1.165) is 26.9 Å². The predicted octanol–water partition coefficient (Wildman–Crippen LogP) is 7.17. The van der Waals surface area contributed by atoms with Crippen LogP contribution in [0.15, 0.2) is 97.1 Å². The molecular formula is C28H24Si. The van der Waals surface area contributed by atoms with Crippen LogP contribution >= 0.6 is 0 Å². The van der Waals surface area contributed by atoms with Crippen molar-refractivity contribution in [2.24, 2.45) is 11.8 Å². The van der Waals surface area contributed by atoms with Gasteiger partial charge in [0, 0.05) is 5.54 Å². The first-order valence-corrected chi connectivity index (χ1v) is 11.9. The number of hydrogen-bond acceptors (Lipinski definition) is 0. The van der Waals surface area contributed by atoms with E-state index < -0.39 is 0 Å². The maximum absolute atomic E-state index is 2.51. The van der Waals surface area contributed by atoms with Gasteiger partial charge in [-0.15, -0.1) is 0 Å². The summed E-state index contributed by atoms with van der Waals surface area (Å²) >= 11 is 0. The molecule has 4 aromatic carbocycles. The lowest BCUT2D eigenvalue weighted by Gasteiger charge is -2.27. The van der Waals surface area contributed by atoms with Gasteiger partial charge in [0.2, 0.25) is 0 Å². The molecule has 0 saturated heterocycles. The second-order valence-electron chi connectivity index (χ2n) is 8.62. The van der Waals surface area contributed by atoms with Gasteiger partial charge in [-0.1, -0.05) is 97.1 Å². The van der Waals surface area contributed by atoms with Crippen molar-refractivity contribution < 1.29 is 0 Å². The maximum Gasteiger partial charge on any atom is 0.0576 e. The minimum atomic E-state index is 0.463. The van der Waals surface area contributed by atoms with Crippen molar-refractivity contribution in [2.75, 3.05) is 0 Å². The van der Waals surface area contributed by atoms with Gasteiger partial charge in [0.25, 0.3) is 0 Å². The zero-order chi connectivity index (χ0) is 19.2. The first-order chi connectivity index (χ1) is 14.4. The molecular weight excluding hydrogens is 364 g/mol. The fourth-order valence-corrected chi connectivity index (χ4v) is 7.76. The molecule has 2 aliphatic carbocycles. The van der Waals surface area contributed by atoms with Crippen LogP contribution in [0.25, 0.3) is 21.5 Å². The zero-order valence-electron chi connectivity index (χ0n) is 16.5. The highest BCUT2D eigenvalue weighted by molar-refractivity contribution is 6.42. The Balaban J connectivity index is 1.53. The summed E-state index contributed by atoms with van der Waals surface area (Å²) in [4.78, 5) is 0. The van der Waals surface area contributed by atoms with Crippen molar-refractivity contribution in [3.63, 3.8) is 0 Å². The van der Waals surface area contributed by atoms with Gasteiger partial charge in [-0.25, -0.2) is 0 Å². The Morgan fingerprint density at radius 3 is 1.76 bits per heavy atom. The molecule has 0 aromatic heterocycles. The largest absolute Gasteiger partial charge is 0.0851 e. The standard InChI is InChI=1S/C28H24Si/c1-3-11-23-20(7-1)9-5-13-25(23)28(29-27-18-19-15-16-22(27)17-19)26-14-6-10-21-8-2-4-12-24(21)26/h1-16,19,22,27-28H,17-18H2. The fraction of sp³-hybridized carbons (Fsp3) is 0.214. The molecule has 3 unspecified atom stereocenters. The Hall–Kier alpha value is -2.64. The Morgan fingerprint density at radius 1 is 0.621 bits per heavy atom. The highest BCUT2D eigenvalue weighted by Gasteiger charge is 2.38. The molecule has 29 heavy (non-hydrogen) atoms. The molecule has 4 aromatic rings. The fourth-order valence-electron chi connectivity index (χ4n) is 5.54. The molecule has 2 radical (unpaired) electrons. The maximum atomic E-state index is 2.51. The van der Waals surface area contributed by atoms with Crippen molar-refractivity contribution in [1.82, 2.24) is 0 Å². The van der Waals surface area contributed by atoms with Gasteiger partial charge in [0.1, 0.15) is 0 Å². The third-order valence-electron chi connectivity index (χ3n) is 6.93. The SMILES string of the molecule is C1=CC2CC1CC2[Si]C(c1cccc2ccccc12)c1cccc2ccccc12. The van der Waals surface area contributed by atoms with Gasteiger partial charge < -0.3 is 0 Å². The Labute approximate surface area is 175 Å². The summed E-state index contributed by atoms with van der Waals surface area (Å²) in [6, 6.07) is 31.6. The van der Waals surface area contributed by atoms with E-state index in [1.54, 1.807) is 0 Å². The van der Waals surface area contributed by atoms with E-state index in [2.05, 4.69) is 97.1 Å². The van der Waals surface area contributed by atoms with Gasteiger partial charge >= 0.3 is 0 Å². The van der Waals surface area contributed by atoms with Crippen LogP contribution in [0, 0.1) is 11.8 Å². The van der Waals surface area contributed by atoms with Crippen LogP contribution < -0.4 is 0 Å². The van der Waals surface area contributed by atoms with Crippen LogP contribution in [0.2, 0.25) is 5.54 Å². The minimum absolute atomic E-state index is 0.463. The van der Waals surface area contributed by atoms with E-state index in [9.17, 15) is 0 Å². The summed E-state index contributed by atoms with van der Waals surface area (Å²) in [5, 5.41) is 5.54. The van der Waals surface area contributed by atoms with Crippen LogP contribution in [-0.2, 0) is 0 Å². The Morgan fingerprint density at radius 2 is 1.21 bits per heavy atom. The van der Waals surface area contributed by atoms with Crippen LogP contribution in [0.3, 0.4) is 0 Å². The topological polar surface area (TPSA) is 0 Å². The number of allylic oxidation sites excluding steroid dienone is 2. The van der Waals surface area contributed by atoms with Gasteiger partial charge in [0.05, 0.1) is 9.52 Å². The average molecular weight is 389 g/mol. The van der Waals surface area contributed by atoms with Crippen molar-refractivity contribution >= 4 is 31.1 Å². The van der Waals surface area contributed by atoms with Crippen LogP contribution in [0.4, 0.5) is 0 Å². The van der Waals surface area contributed by atoms with E-state index in [-0.39, 0.29) is 0 Å². The molecule has 0 aliphatic heterocycles. The van der Waals surface area contributed by atoms with Gasteiger partial charge in [-0.3, -0.25) is 0 Å². The molecule has 0 spiro atoms. The molecule has 3 atom stereocenters. The highest BCUT2D eigenvalue weighted by Crippen LogP contribution is 2.49. The molecule has 6 rings (SSSR count). The molecule has 1 fully saturated rings. The summed E-state index contributed by atoms with van der Waals surface area (Å²) in [5.74, 6) is 1.63. The molecule has 140 valence electrons. The van der Waals surface area contributed by atoms with Crippen LogP contribution in [0.1, 0.15) is 29.5 Å². The lowest BCUT2D eigenvalue weighted by atomic mass is 9.94. The Bertz CT molecular complexity index is 1130. The normalized spacial score (nSPS) is 22.9. The molecule has 0 nitrogen and oxygen atoms in total. The molecule has 0 N–H and O–H groups in total. The van der Waals surface area contributed by atoms with Crippen molar-refractivity contribution in [3.8, 4) is 0 Å². The summed E-state index contributed by atoms with van der Waals surface area (Å²) < 4.78 is 0. The highest BCUT2D eigenvalue weighted by atomic mass is 28.2. The number of fused-ring (bicyclic) bond motifs is 4. The molecule has 1 heteroatoms. The van der Waals surface area contributed by atoms with Crippen molar-refractivity contribution in [2.45, 2.75) is 23.9 Å². The minimum Gasteiger partial charge on any atom is -0.0851 e. The third kappa shape index (κ3) is 2.96. The van der Waals surface area contributed by atoms with Crippen molar-refractivity contribution in [3.05, 3.63) is 108 Å². The van der Waals surface area contributed by atoms with E-state index in [1.165, 1.54) is 45.5 Å². The summed E-state index contributed by atoms with van der Waals surface area (Å²) in [6.07, 6.45) is 7.74. The molecule has 0 heterocycles. The number of benzene rings is 4. The monoisotopic (exact) mass is 388 g/mol. The van der Waals surface area contributed by atoms with E-state index in [1.807, 2.05) is 0 Å². The first-order valence-electron chi connectivity index (χ1n) is 10.8. The van der Waals surface area contributed by atoms with E-state index >= 15 is 0 Å². The lowest BCUT2D eigenvalue weighted by Crippen LogP contribution is -2.19. The number of rotatable bonds is 4.